The molecule has 2 heterocycles. The van der Waals surface area contributed by atoms with Gasteiger partial charge in [-0.1, -0.05) is 19.9 Å². The van der Waals surface area contributed by atoms with Crippen LogP contribution in [-0.2, 0) is 28.6 Å². The van der Waals surface area contributed by atoms with Crippen LogP contribution in [0.4, 0.5) is 0 Å². The van der Waals surface area contributed by atoms with E-state index in [2.05, 4.69) is 0 Å². The molecule has 148 valence electrons. The molecular weight excluding hydrogens is 352 g/mol. The summed E-state index contributed by atoms with van der Waals surface area (Å²) in [6, 6.07) is 0. The molecule has 3 aliphatic rings. The summed E-state index contributed by atoms with van der Waals surface area (Å²) in [4.78, 5) is 37.1. The number of fused-ring (bicyclic) bond motifs is 1. The lowest BCUT2D eigenvalue weighted by Gasteiger charge is -2.46. The van der Waals surface area contributed by atoms with Crippen molar-refractivity contribution in [2.75, 3.05) is 0 Å². The van der Waals surface area contributed by atoms with Crippen molar-refractivity contribution in [1.82, 2.24) is 0 Å². The Morgan fingerprint density at radius 3 is 2.59 bits per heavy atom. The Kier molecular flexibility index (Phi) is 4.80. The fourth-order valence-corrected chi connectivity index (χ4v) is 4.39. The second kappa shape index (κ2) is 6.56. The third-order valence-corrected chi connectivity index (χ3v) is 6.68. The van der Waals surface area contributed by atoms with Gasteiger partial charge in [-0.2, -0.15) is 0 Å². The summed E-state index contributed by atoms with van der Waals surface area (Å²) in [5.74, 6) is -1.40. The van der Waals surface area contributed by atoms with Crippen molar-refractivity contribution in [3.63, 3.8) is 0 Å². The topological polar surface area (TPSA) is 102 Å². The van der Waals surface area contributed by atoms with Gasteiger partial charge in [0.15, 0.2) is 11.9 Å². The fourth-order valence-electron chi connectivity index (χ4n) is 4.39. The predicted octanol–water partition coefficient (Wildman–Crippen LogP) is 1.83. The zero-order valence-electron chi connectivity index (χ0n) is 16.3. The molecule has 6 atom stereocenters. The van der Waals surface area contributed by atoms with E-state index in [1.54, 1.807) is 26.8 Å². The monoisotopic (exact) mass is 378 g/mol. The highest BCUT2D eigenvalue weighted by Crippen LogP contribution is 2.63. The minimum Gasteiger partial charge on any atom is -0.453 e. The van der Waals surface area contributed by atoms with Crippen LogP contribution in [0.15, 0.2) is 22.8 Å². The first-order valence-corrected chi connectivity index (χ1v) is 9.21. The maximum atomic E-state index is 12.6. The molecule has 0 radical (unpaired) electrons. The molecule has 1 saturated carbocycles. The van der Waals surface area contributed by atoms with Gasteiger partial charge in [-0.15, -0.1) is 0 Å². The Hall–Kier alpha value is -1.99. The highest BCUT2D eigenvalue weighted by Gasteiger charge is 2.75. The molecule has 2 aliphatic heterocycles. The van der Waals surface area contributed by atoms with E-state index in [1.165, 1.54) is 0 Å². The molecule has 7 nitrogen and oxygen atoms in total. The van der Waals surface area contributed by atoms with Crippen molar-refractivity contribution in [3.8, 4) is 0 Å². The highest BCUT2D eigenvalue weighted by atomic mass is 16.6. The van der Waals surface area contributed by atoms with Gasteiger partial charge in [-0.05, 0) is 39.5 Å². The molecule has 0 spiro atoms. The lowest BCUT2D eigenvalue weighted by Crippen LogP contribution is -2.56. The van der Waals surface area contributed by atoms with Gasteiger partial charge >= 0.3 is 11.9 Å². The average Bonchev–Trinajstić information content (AvgIpc) is 3.33. The maximum absolute atomic E-state index is 12.6. The summed E-state index contributed by atoms with van der Waals surface area (Å²) in [6.07, 6.45) is 1.15. The summed E-state index contributed by atoms with van der Waals surface area (Å²) in [6.45, 7) is 8.65. The average molecular weight is 378 g/mol. The second-order valence-electron chi connectivity index (χ2n) is 7.89. The zero-order chi connectivity index (χ0) is 20.1. The van der Waals surface area contributed by atoms with Crippen LogP contribution in [0.3, 0.4) is 0 Å². The number of epoxide rings is 1. The van der Waals surface area contributed by atoms with Gasteiger partial charge in [0.1, 0.15) is 6.10 Å². The van der Waals surface area contributed by atoms with E-state index in [1.807, 2.05) is 13.8 Å². The third kappa shape index (κ3) is 2.67. The van der Waals surface area contributed by atoms with E-state index in [9.17, 15) is 19.5 Å². The van der Waals surface area contributed by atoms with Crippen molar-refractivity contribution < 1.29 is 33.7 Å². The molecule has 0 aromatic rings. The molecule has 0 bridgehead atoms. The van der Waals surface area contributed by atoms with E-state index < -0.39 is 35.3 Å². The Morgan fingerprint density at radius 2 is 2.07 bits per heavy atom. The molecule has 1 N–H and O–H groups in total. The SMILES string of the molecule is CC=C(C)C(=O)O[C@@H](C1=C(C)[C@@H](O)OC1=O)[C@]1(C)[C@@H](C)CC[C@H]2O[C@]21C=O. The smallest absolute Gasteiger partial charge is 0.340 e. The van der Waals surface area contributed by atoms with E-state index in [0.29, 0.717) is 5.57 Å². The summed E-state index contributed by atoms with van der Waals surface area (Å²) in [5.41, 5.74) is -1.34. The van der Waals surface area contributed by atoms with E-state index in [0.717, 1.165) is 19.1 Å². The minimum atomic E-state index is -1.39. The Labute approximate surface area is 158 Å². The van der Waals surface area contributed by atoms with Gasteiger partial charge in [0.25, 0.3) is 0 Å². The number of ether oxygens (including phenoxy) is 3. The molecular formula is C20H26O7. The molecule has 1 saturated heterocycles. The number of hydrogen-bond donors (Lipinski definition) is 1. The van der Waals surface area contributed by atoms with Gasteiger partial charge in [0.2, 0.25) is 6.29 Å². The van der Waals surface area contributed by atoms with Crippen molar-refractivity contribution in [1.29, 1.82) is 0 Å². The van der Waals surface area contributed by atoms with Crippen LogP contribution in [-0.4, -0.2) is 47.4 Å². The Balaban J connectivity index is 2.13. The Bertz CT molecular complexity index is 751. The molecule has 0 aromatic heterocycles. The molecule has 0 aromatic carbocycles. The third-order valence-electron chi connectivity index (χ3n) is 6.68. The van der Waals surface area contributed by atoms with Crippen LogP contribution in [0.25, 0.3) is 0 Å². The van der Waals surface area contributed by atoms with Crippen LogP contribution in [0.1, 0.15) is 47.5 Å². The van der Waals surface area contributed by atoms with E-state index >= 15 is 0 Å². The lowest BCUT2D eigenvalue weighted by atomic mass is 9.57. The number of carbonyl (C=O) groups is 3. The number of rotatable bonds is 5. The molecule has 0 amide bonds. The standard InChI is InChI=1S/C20H26O7/c1-6-10(2)16(22)25-15(14-12(4)17(23)26-18(14)24)19(5)11(3)7-8-13-20(19,9-21)27-13/h6,9,11,13,15,17,23H,7-8H2,1-5H3/t11-,13+,15-,17-,19-,20+/m0/s1. The van der Waals surface area contributed by atoms with E-state index in [4.69, 9.17) is 14.2 Å². The van der Waals surface area contributed by atoms with Gasteiger partial charge in [0.05, 0.1) is 17.1 Å². The van der Waals surface area contributed by atoms with Crippen LogP contribution < -0.4 is 0 Å². The van der Waals surface area contributed by atoms with Crippen molar-refractivity contribution >= 4 is 18.2 Å². The summed E-state index contributed by atoms with van der Waals surface area (Å²) in [7, 11) is 0. The second-order valence-corrected chi connectivity index (χ2v) is 7.89. The van der Waals surface area contributed by atoms with Gasteiger partial charge in [-0.3, -0.25) is 4.79 Å². The fraction of sp³-hybridized carbons (Fsp3) is 0.650. The quantitative estimate of drug-likeness (QED) is 0.337. The van der Waals surface area contributed by atoms with Crippen molar-refractivity contribution in [2.24, 2.45) is 11.3 Å². The normalized spacial score (nSPS) is 39.6. The number of carbonyl (C=O) groups excluding carboxylic acids is 3. The van der Waals surface area contributed by atoms with Crippen LogP contribution >= 0.6 is 0 Å². The number of esters is 2. The number of cyclic esters (lactones) is 1. The van der Waals surface area contributed by atoms with Crippen molar-refractivity contribution in [3.05, 3.63) is 22.8 Å². The first-order valence-electron chi connectivity index (χ1n) is 9.21. The van der Waals surface area contributed by atoms with Crippen molar-refractivity contribution in [2.45, 2.75) is 71.6 Å². The van der Waals surface area contributed by atoms with Crippen LogP contribution in [0.5, 0.6) is 0 Å². The van der Waals surface area contributed by atoms with Gasteiger partial charge in [0, 0.05) is 11.1 Å². The largest absolute Gasteiger partial charge is 0.453 e. The lowest BCUT2D eigenvalue weighted by molar-refractivity contribution is -0.162. The highest BCUT2D eigenvalue weighted by molar-refractivity contribution is 5.95. The summed E-state index contributed by atoms with van der Waals surface area (Å²) >= 11 is 0. The van der Waals surface area contributed by atoms with Gasteiger partial charge < -0.3 is 19.3 Å². The molecule has 7 heteroatoms. The number of hydrogen-bond acceptors (Lipinski definition) is 7. The van der Waals surface area contributed by atoms with Gasteiger partial charge in [-0.25, -0.2) is 9.59 Å². The molecule has 3 rings (SSSR count). The number of aliphatic hydroxyl groups is 1. The Morgan fingerprint density at radius 1 is 1.41 bits per heavy atom. The number of aliphatic hydroxyl groups excluding tert-OH is 1. The number of allylic oxidation sites excluding steroid dienone is 1. The summed E-state index contributed by atoms with van der Waals surface area (Å²) < 4.78 is 16.5. The summed E-state index contributed by atoms with van der Waals surface area (Å²) in [5, 5.41) is 9.97. The first kappa shape index (κ1) is 19.8. The molecule has 27 heavy (non-hydrogen) atoms. The molecule has 0 unspecified atom stereocenters. The number of aldehydes is 1. The molecule has 1 aliphatic carbocycles. The molecule has 2 fully saturated rings. The maximum Gasteiger partial charge on any atom is 0.340 e. The minimum absolute atomic E-state index is 0.0731. The predicted molar refractivity (Wildman–Crippen MR) is 94.3 cm³/mol. The van der Waals surface area contributed by atoms with Crippen LogP contribution in [0.2, 0.25) is 0 Å². The zero-order valence-corrected chi connectivity index (χ0v) is 16.3. The first-order chi connectivity index (χ1) is 12.6. The van der Waals surface area contributed by atoms with Crippen LogP contribution in [0, 0.1) is 11.3 Å². The van der Waals surface area contributed by atoms with E-state index in [-0.39, 0.29) is 23.2 Å².